The van der Waals surface area contributed by atoms with Crippen LogP contribution < -0.4 is 5.32 Å². The van der Waals surface area contributed by atoms with Crippen molar-refractivity contribution in [2.75, 3.05) is 0 Å². The summed E-state index contributed by atoms with van der Waals surface area (Å²) in [6, 6.07) is 6.70. The lowest BCUT2D eigenvalue weighted by Gasteiger charge is -2.25. The molecule has 1 heterocycles. The Morgan fingerprint density at radius 3 is 2.79 bits per heavy atom. The topological polar surface area (TPSA) is 32.3 Å². The molecule has 102 valence electrons. The second-order valence-corrected chi connectivity index (χ2v) is 5.61. The van der Waals surface area contributed by atoms with Gasteiger partial charge in [-0.05, 0) is 36.5 Å². The number of hydrogen-bond acceptors (Lipinski definition) is 2. The van der Waals surface area contributed by atoms with Crippen molar-refractivity contribution in [1.29, 1.82) is 0 Å². The third-order valence-corrected chi connectivity index (χ3v) is 4.19. The van der Waals surface area contributed by atoms with Gasteiger partial charge in [-0.1, -0.05) is 26.0 Å². The molecule has 3 nitrogen and oxygen atoms in total. The van der Waals surface area contributed by atoms with Crippen LogP contribution in [-0.2, 0) is 4.79 Å². The molecule has 1 aromatic carbocycles. The quantitative estimate of drug-likeness (QED) is 0.907. The van der Waals surface area contributed by atoms with Crippen molar-refractivity contribution in [2.45, 2.75) is 44.9 Å². The molecule has 1 saturated heterocycles. The summed E-state index contributed by atoms with van der Waals surface area (Å²) in [5.74, 6) is 0.457. The molecule has 0 aromatic heterocycles. The number of amides is 1. The van der Waals surface area contributed by atoms with E-state index < -0.39 is 0 Å². The van der Waals surface area contributed by atoms with Gasteiger partial charge in [-0.15, -0.1) is 0 Å². The lowest BCUT2D eigenvalue weighted by Crippen LogP contribution is -2.33. The number of nitrogens with one attached hydrogen (secondary N) is 1. The van der Waals surface area contributed by atoms with Crippen LogP contribution in [0.3, 0.4) is 0 Å². The zero-order chi connectivity index (χ0) is 13.6. The predicted octanol–water partition coefficient (Wildman–Crippen LogP) is 2.44. The number of benzene rings is 1. The molecule has 2 aliphatic rings. The molecular weight excluding hydrogens is 243 g/mol. The van der Waals surface area contributed by atoms with Gasteiger partial charge in [0.15, 0.2) is 0 Å². The van der Waals surface area contributed by atoms with Gasteiger partial charge in [0.1, 0.15) is 12.0 Å². The summed E-state index contributed by atoms with van der Waals surface area (Å²) >= 11 is 0. The summed E-state index contributed by atoms with van der Waals surface area (Å²) in [7, 11) is 0. The van der Waals surface area contributed by atoms with Crippen LogP contribution in [0.1, 0.15) is 38.4 Å². The number of hydrogen-bond donors (Lipinski definition) is 1. The van der Waals surface area contributed by atoms with Crippen molar-refractivity contribution in [3.8, 4) is 0 Å². The molecule has 1 N–H and O–H groups in total. The third kappa shape index (κ3) is 2.14. The highest BCUT2D eigenvalue weighted by Gasteiger charge is 2.49. The monoisotopic (exact) mass is 262 g/mol. The maximum Gasteiger partial charge on any atom is 0.241 e. The van der Waals surface area contributed by atoms with E-state index in [0.29, 0.717) is 12.0 Å². The molecule has 1 aliphatic heterocycles. The van der Waals surface area contributed by atoms with Crippen LogP contribution in [0.15, 0.2) is 24.3 Å². The number of carbonyl (C=O) groups excluding carboxylic acids is 1. The van der Waals surface area contributed by atoms with Crippen molar-refractivity contribution >= 4 is 5.91 Å². The average Bonchev–Trinajstić information content (AvgIpc) is 3.00. The molecule has 0 spiro atoms. The minimum absolute atomic E-state index is 0.138. The number of halogens is 1. The molecule has 4 atom stereocenters. The van der Waals surface area contributed by atoms with Crippen LogP contribution in [-0.4, -0.2) is 22.9 Å². The molecule has 1 amide bonds. The van der Waals surface area contributed by atoms with Gasteiger partial charge in [0.05, 0.1) is 6.04 Å². The summed E-state index contributed by atoms with van der Waals surface area (Å²) < 4.78 is 13.4. The zero-order valence-corrected chi connectivity index (χ0v) is 11.3. The van der Waals surface area contributed by atoms with Crippen molar-refractivity contribution in [1.82, 2.24) is 10.2 Å². The first-order valence-electron chi connectivity index (χ1n) is 6.95. The Balaban J connectivity index is 1.92. The van der Waals surface area contributed by atoms with E-state index in [9.17, 15) is 9.18 Å². The molecule has 1 aromatic rings. The van der Waals surface area contributed by atoms with E-state index in [2.05, 4.69) is 12.2 Å². The first-order chi connectivity index (χ1) is 9.11. The van der Waals surface area contributed by atoms with Crippen LogP contribution >= 0.6 is 0 Å². The standard InChI is InChI=1S/C15H19FN2O/c1-3-12-15(19)18(13-7-9(13)2)14(17-12)10-5-4-6-11(16)8-10/h4-6,8-9,12-14,17H,3,7H2,1-2H3. The maximum atomic E-state index is 13.4. The molecule has 0 bridgehead atoms. The highest BCUT2D eigenvalue weighted by molar-refractivity contribution is 5.85. The third-order valence-electron chi connectivity index (χ3n) is 4.19. The molecule has 3 rings (SSSR count). The van der Waals surface area contributed by atoms with E-state index in [0.717, 1.165) is 18.4 Å². The second-order valence-electron chi connectivity index (χ2n) is 5.61. The number of rotatable bonds is 3. The molecule has 4 heteroatoms. The van der Waals surface area contributed by atoms with Gasteiger partial charge >= 0.3 is 0 Å². The van der Waals surface area contributed by atoms with Gasteiger partial charge in [0.2, 0.25) is 5.91 Å². The maximum absolute atomic E-state index is 13.4. The van der Waals surface area contributed by atoms with Crippen molar-refractivity contribution in [3.05, 3.63) is 35.6 Å². The van der Waals surface area contributed by atoms with Gasteiger partial charge in [0.25, 0.3) is 0 Å². The average molecular weight is 262 g/mol. The van der Waals surface area contributed by atoms with E-state index in [4.69, 9.17) is 0 Å². The highest BCUT2D eigenvalue weighted by atomic mass is 19.1. The highest BCUT2D eigenvalue weighted by Crippen LogP contribution is 2.42. The Morgan fingerprint density at radius 1 is 1.47 bits per heavy atom. The molecule has 0 radical (unpaired) electrons. The van der Waals surface area contributed by atoms with Gasteiger partial charge in [-0.25, -0.2) is 4.39 Å². The first kappa shape index (κ1) is 12.6. The first-order valence-corrected chi connectivity index (χ1v) is 6.95. The van der Waals surface area contributed by atoms with Crippen LogP contribution in [0, 0.1) is 11.7 Å². The van der Waals surface area contributed by atoms with E-state index >= 15 is 0 Å². The van der Waals surface area contributed by atoms with Crippen LogP contribution in [0.2, 0.25) is 0 Å². The molecule has 1 saturated carbocycles. The zero-order valence-electron chi connectivity index (χ0n) is 11.3. The summed E-state index contributed by atoms with van der Waals surface area (Å²) in [5, 5.41) is 3.34. The smallest absolute Gasteiger partial charge is 0.241 e. The number of carbonyl (C=O) groups is 1. The minimum atomic E-state index is -0.254. The Hall–Kier alpha value is -1.42. The Kier molecular flexibility index (Phi) is 3.05. The van der Waals surface area contributed by atoms with Gasteiger partial charge < -0.3 is 4.90 Å². The lowest BCUT2D eigenvalue weighted by molar-refractivity contribution is -0.130. The fourth-order valence-corrected chi connectivity index (χ4v) is 2.92. The van der Waals surface area contributed by atoms with Gasteiger partial charge in [-0.2, -0.15) is 0 Å². The molecule has 4 unspecified atom stereocenters. The Morgan fingerprint density at radius 2 is 2.21 bits per heavy atom. The van der Waals surface area contributed by atoms with Crippen molar-refractivity contribution < 1.29 is 9.18 Å². The fourth-order valence-electron chi connectivity index (χ4n) is 2.92. The summed E-state index contributed by atoms with van der Waals surface area (Å²) in [6.45, 7) is 4.15. The second kappa shape index (κ2) is 4.60. The van der Waals surface area contributed by atoms with Crippen molar-refractivity contribution in [3.63, 3.8) is 0 Å². The van der Waals surface area contributed by atoms with Gasteiger partial charge in [-0.3, -0.25) is 10.1 Å². The molecule has 1 aliphatic carbocycles. The van der Waals surface area contributed by atoms with Crippen LogP contribution in [0.5, 0.6) is 0 Å². The lowest BCUT2D eigenvalue weighted by atomic mass is 10.1. The van der Waals surface area contributed by atoms with Gasteiger partial charge in [0, 0.05) is 6.04 Å². The van der Waals surface area contributed by atoms with E-state index in [1.807, 2.05) is 17.9 Å². The van der Waals surface area contributed by atoms with Crippen LogP contribution in [0.25, 0.3) is 0 Å². The number of nitrogens with zero attached hydrogens (tertiary/aromatic N) is 1. The normalized spacial score (nSPS) is 33.8. The summed E-state index contributed by atoms with van der Waals surface area (Å²) in [5.41, 5.74) is 0.836. The molecular formula is C15H19FN2O. The molecule has 2 fully saturated rings. The van der Waals surface area contributed by atoms with Crippen LogP contribution in [0.4, 0.5) is 4.39 Å². The van der Waals surface area contributed by atoms with E-state index in [1.165, 1.54) is 12.1 Å². The van der Waals surface area contributed by atoms with E-state index in [1.54, 1.807) is 6.07 Å². The SMILES string of the molecule is CCC1NC(c2cccc(F)c2)N(C2CC2C)C1=O. The minimum Gasteiger partial charge on any atom is -0.318 e. The Labute approximate surface area is 112 Å². The van der Waals surface area contributed by atoms with Crippen molar-refractivity contribution in [2.24, 2.45) is 5.92 Å². The summed E-state index contributed by atoms with van der Waals surface area (Å²) in [4.78, 5) is 14.3. The van der Waals surface area contributed by atoms with E-state index in [-0.39, 0.29) is 23.9 Å². The summed E-state index contributed by atoms with van der Waals surface area (Å²) in [6.07, 6.45) is 1.64. The predicted molar refractivity (Wildman–Crippen MR) is 70.8 cm³/mol. The fraction of sp³-hybridized carbons (Fsp3) is 0.533. The molecule has 19 heavy (non-hydrogen) atoms. The largest absolute Gasteiger partial charge is 0.318 e. The Bertz CT molecular complexity index is 505.